The highest BCUT2D eigenvalue weighted by atomic mass is 16.4. The highest BCUT2D eigenvalue weighted by molar-refractivity contribution is 5.79. The summed E-state index contributed by atoms with van der Waals surface area (Å²) in [6.45, 7) is 5.23. The molecule has 0 aromatic carbocycles. The average molecular weight is 296 g/mol. The van der Waals surface area contributed by atoms with Crippen molar-refractivity contribution in [1.29, 1.82) is 0 Å². The minimum Gasteiger partial charge on any atom is -0.481 e. The number of aliphatic carboxylic acids is 1. The van der Waals surface area contributed by atoms with Gasteiger partial charge in [0.25, 0.3) is 0 Å². The maximum Gasteiger partial charge on any atom is 0.317 e. The standard InChI is InChI=1S/C16H28N2O3/c1-12(2)10-18(13-6-3-4-7-13)15(21)17-11-16(14(19)20)8-5-9-16/h12-13H,3-11H2,1-2H3,(H,17,21)(H,19,20). The van der Waals surface area contributed by atoms with Crippen LogP contribution in [0.3, 0.4) is 0 Å². The van der Waals surface area contributed by atoms with Crippen LogP contribution in [0.5, 0.6) is 0 Å². The quantitative estimate of drug-likeness (QED) is 0.792. The molecule has 0 aliphatic heterocycles. The van der Waals surface area contributed by atoms with Gasteiger partial charge < -0.3 is 15.3 Å². The predicted molar refractivity (Wildman–Crippen MR) is 81.1 cm³/mol. The molecule has 2 aliphatic carbocycles. The predicted octanol–water partition coefficient (Wildman–Crippen LogP) is 2.85. The van der Waals surface area contributed by atoms with Gasteiger partial charge in [-0.05, 0) is 31.6 Å². The number of carboxylic acid groups (broad SMARTS) is 1. The van der Waals surface area contributed by atoms with Crippen molar-refractivity contribution in [2.75, 3.05) is 13.1 Å². The smallest absolute Gasteiger partial charge is 0.317 e. The molecule has 5 nitrogen and oxygen atoms in total. The molecule has 0 bridgehead atoms. The SMILES string of the molecule is CC(C)CN(C(=O)NCC1(C(=O)O)CCC1)C1CCCC1. The molecule has 120 valence electrons. The molecule has 0 radical (unpaired) electrons. The average Bonchev–Trinajstić information content (AvgIpc) is 2.87. The molecule has 0 spiro atoms. The molecule has 2 aliphatic rings. The zero-order valence-electron chi connectivity index (χ0n) is 13.2. The summed E-state index contributed by atoms with van der Waals surface area (Å²) >= 11 is 0. The Kier molecular flexibility index (Phi) is 5.12. The lowest BCUT2D eigenvalue weighted by Gasteiger charge is -2.39. The van der Waals surface area contributed by atoms with Gasteiger partial charge in [-0.1, -0.05) is 33.1 Å². The molecule has 2 N–H and O–H groups in total. The first-order chi connectivity index (χ1) is 9.94. The van der Waals surface area contributed by atoms with Gasteiger partial charge in [0.05, 0.1) is 5.41 Å². The Bertz CT molecular complexity index is 385. The Morgan fingerprint density at radius 1 is 1.24 bits per heavy atom. The van der Waals surface area contributed by atoms with E-state index < -0.39 is 11.4 Å². The molecular formula is C16H28N2O3. The maximum absolute atomic E-state index is 12.5. The van der Waals surface area contributed by atoms with Gasteiger partial charge in [0.15, 0.2) is 0 Å². The van der Waals surface area contributed by atoms with Crippen LogP contribution in [0.4, 0.5) is 4.79 Å². The number of carbonyl (C=O) groups is 2. The second kappa shape index (κ2) is 6.67. The van der Waals surface area contributed by atoms with Crippen molar-refractivity contribution in [3.8, 4) is 0 Å². The highest BCUT2D eigenvalue weighted by Gasteiger charge is 2.44. The first kappa shape index (κ1) is 16.1. The van der Waals surface area contributed by atoms with Crippen molar-refractivity contribution in [2.45, 2.75) is 64.8 Å². The van der Waals surface area contributed by atoms with Crippen molar-refractivity contribution < 1.29 is 14.7 Å². The van der Waals surface area contributed by atoms with Crippen molar-refractivity contribution in [3.63, 3.8) is 0 Å². The Labute approximate surface area is 127 Å². The molecule has 0 unspecified atom stereocenters. The van der Waals surface area contributed by atoms with Crippen molar-refractivity contribution in [1.82, 2.24) is 10.2 Å². The fourth-order valence-corrected chi connectivity index (χ4v) is 3.42. The normalized spacial score (nSPS) is 21.1. The van der Waals surface area contributed by atoms with Crippen LogP contribution in [0.25, 0.3) is 0 Å². The second-order valence-corrected chi connectivity index (χ2v) is 7.08. The summed E-state index contributed by atoms with van der Waals surface area (Å²) in [6, 6.07) is 0.248. The number of carboxylic acids is 1. The van der Waals surface area contributed by atoms with Crippen LogP contribution >= 0.6 is 0 Å². The molecule has 0 aromatic rings. The number of nitrogens with zero attached hydrogens (tertiary/aromatic N) is 1. The van der Waals surface area contributed by atoms with E-state index >= 15 is 0 Å². The van der Waals surface area contributed by atoms with Gasteiger partial charge in [-0.3, -0.25) is 4.79 Å². The fourth-order valence-electron chi connectivity index (χ4n) is 3.42. The number of rotatable bonds is 6. The van der Waals surface area contributed by atoms with E-state index in [1.807, 2.05) is 4.90 Å². The molecule has 2 fully saturated rings. The maximum atomic E-state index is 12.5. The van der Waals surface area contributed by atoms with Crippen LogP contribution in [0.2, 0.25) is 0 Å². The first-order valence-corrected chi connectivity index (χ1v) is 8.22. The minimum atomic E-state index is -0.773. The summed E-state index contributed by atoms with van der Waals surface area (Å²) in [5.74, 6) is -0.348. The summed E-state index contributed by atoms with van der Waals surface area (Å²) in [6.07, 6.45) is 6.82. The Hall–Kier alpha value is -1.26. The van der Waals surface area contributed by atoms with Gasteiger partial charge in [-0.15, -0.1) is 0 Å². The third-order valence-corrected chi connectivity index (χ3v) is 4.93. The van der Waals surface area contributed by atoms with E-state index in [4.69, 9.17) is 0 Å². The van der Waals surface area contributed by atoms with Crippen molar-refractivity contribution in [3.05, 3.63) is 0 Å². The van der Waals surface area contributed by atoms with E-state index in [1.54, 1.807) is 0 Å². The van der Waals surface area contributed by atoms with E-state index in [0.29, 0.717) is 24.8 Å². The summed E-state index contributed by atoms with van der Waals surface area (Å²) < 4.78 is 0. The Morgan fingerprint density at radius 3 is 2.29 bits per heavy atom. The van der Waals surface area contributed by atoms with Gasteiger partial charge in [0.2, 0.25) is 0 Å². The van der Waals surface area contributed by atoms with Crippen molar-refractivity contribution in [2.24, 2.45) is 11.3 Å². The molecule has 2 amide bonds. The zero-order chi connectivity index (χ0) is 15.5. The molecule has 5 heteroatoms. The number of amides is 2. The van der Waals surface area contributed by atoms with Gasteiger partial charge in [0.1, 0.15) is 0 Å². The van der Waals surface area contributed by atoms with Gasteiger partial charge in [-0.2, -0.15) is 0 Å². The lowest BCUT2D eigenvalue weighted by atomic mass is 9.69. The van der Waals surface area contributed by atoms with Crippen LogP contribution in [-0.2, 0) is 4.79 Å². The number of carbonyl (C=O) groups excluding carboxylic acids is 1. The summed E-state index contributed by atoms with van der Waals surface area (Å²) in [7, 11) is 0. The van der Waals surface area contributed by atoms with E-state index in [2.05, 4.69) is 19.2 Å². The molecule has 0 atom stereocenters. The topological polar surface area (TPSA) is 69.6 Å². The monoisotopic (exact) mass is 296 g/mol. The molecule has 0 aromatic heterocycles. The number of nitrogens with one attached hydrogen (secondary N) is 1. The third kappa shape index (κ3) is 3.69. The van der Waals surface area contributed by atoms with E-state index in [0.717, 1.165) is 25.8 Å². The molecular weight excluding hydrogens is 268 g/mol. The summed E-state index contributed by atoms with van der Waals surface area (Å²) in [4.78, 5) is 25.8. The van der Waals surface area contributed by atoms with Gasteiger partial charge in [0, 0.05) is 19.1 Å². The lowest BCUT2D eigenvalue weighted by molar-refractivity contribution is -0.153. The largest absolute Gasteiger partial charge is 0.481 e. The Morgan fingerprint density at radius 2 is 1.86 bits per heavy atom. The molecule has 2 rings (SSSR count). The van der Waals surface area contributed by atoms with Gasteiger partial charge in [-0.25, -0.2) is 4.79 Å². The second-order valence-electron chi connectivity index (χ2n) is 7.08. The first-order valence-electron chi connectivity index (χ1n) is 8.22. The number of hydrogen-bond donors (Lipinski definition) is 2. The number of hydrogen-bond acceptors (Lipinski definition) is 2. The number of urea groups is 1. The van der Waals surface area contributed by atoms with E-state index in [1.165, 1.54) is 12.8 Å². The van der Waals surface area contributed by atoms with E-state index in [-0.39, 0.29) is 12.6 Å². The van der Waals surface area contributed by atoms with Crippen LogP contribution in [0.1, 0.15) is 58.8 Å². The summed E-state index contributed by atoms with van der Waals surface area (Å²) in [5, 5.41) is 12.2. The van der Waals surface area contributed by atoms with E-state index in [9.17, 15) is 14.7 Å². The van der Waals surface area contributed by atoms with Crippen LogP contribution in [0.15, 0.2) is 0 Å². The van der Waals surface area contributed by atoms with Crippen LogP contribution < -0.4 is 5.32 Å². The fraction of sp³-hybridized carbons (Fsp3) is 0.875. The summed E-state index contributed by atoms with van der Waals surface area (Å²) in [5.41, 5.74) is -0.713. The Balaban J connectivity index is 1.93. The molecule has 21 heavy (non-hydrogen) atoms. The van der Waals surface area contributed by atoms with Crippen LogP contribution in [0, 0.1) is 11.3 Å². The molecule has 0 heterocycles. The van der Waals surface area contributed by atoms with Gasteiger partial charge >= 0.3 is 12.0 Å². The molecule has 0 saturated heterocycles. The zero-order valence-corrected chi connectivity index (χ0v) is 13.2. The van der Waals surface area contributed by atoms with Crippen molar-refractivity contribution >= 4 is 12.0 Å². The third-order valence-electron chi connectivity index (χ3n) is 4.93. The lowest BCUT2D eigenvalue weighted by Crippen LogP contribution is -2.53. The van der Waals surface area contributed by atoms with Crippen LogP contribution in [-0.4, -0.2) is 41.1 Å². The highest BCUT2D eigenvalue weighted by Crippen LogP contribution is 2.40. The molecule has 2 saturated carbocycles. The minimum absolute atomic E-state index is 0.0804.